The molecule has 0 aliphatic rings. The number of rotatable bonds is 1. The van der Waals surface area contributed by atoms with E-state index < -0.39 is 10.1 Å². The standard InChI is InChI=1S/C10H8O3S.CH2O2/c11-14(12,13)10-6-5-8-3-1-2-4-9(8)7-10;2-1-3/h1-7H,(H,11,12,13);1H,(H,2,3). The molecule has 5 nitrogen and oxygen atoms in total. The van der Waals surface area contributed by atoms with Gasteiger partial charge < -0.3 is 5.11 Å². The molecular weight excluding hydrogens is 244 g/mol. The van der Waals surface area contributed by atoms with Crippen molar-refractivity contribution in [1.29, 1.82) is 0 Å². The number of benzene rings is 2. The summed E-state index contributed by atoms with van der Waals surface area (Å²) < 4.78 is 30.5. The SMILES string of the molecule is O=CO.O=S(=O)(O)c1ccc2ccccc2c1. The summed E-state index contributed by atoms with van der Waals surface area (Å²) in [5.41, 5.74) is 0. The number of hydrogen-bond donors (Lipinski definition) is 2. The maximum atomic E-state index is 10.8. The van der Waals surface area contributed by atoms with Crippen LogP contribution in [-0.2, 0) is 14.9 Å². The van der Waals surface area contributed by atoms with Gasteiger partial charge in [-0.1, -0.05) is 30.3 Å². The van der Waals surface area contributed by atoms with Crippen LogP contribution < -0.4 is 0 Å². The summed E-state index contributed by atoms with van der Waals surface area (Å²) in [6.45, 7) is -0.250. The Morgan fingerprint density at radius 1 is 1.00 bits per heavy atom. The van der Waals surface area contributed by atoms with Crippen LogP contribution in [0.1, 0.15) is 0 Å². The van der Waals surface area contributed by atoms with Gasteiger partial charge in [0.15, 0.2) is 0 Å². The zero-order valence-electron chi connectivity index (χ0n) is 8.65. The van der Waals surface area contributed by atoms with Crippen LogP contribution in [0.2, 0.25) is 0 Å². The Morgan fingerprint density at radius 3 is 2.06 bits per heavy atom. The Hall–Kier alpha value is -1.92. The highest BCUT2D eigenvalue weighted by Crippen LogP contribution is 2.18. The largest absolute Gasteiger partial charge is 0.483 e. The van der Waals surface area contributed by atoms with Gasteiger partial charge in [-0.3, -0.25) is 9.35 Å². The molecule has 0 bridgehead atoms. The number of hydrogen-bond acceptors (Lipinski definition) is 3. The third-order valence-electron chi connectivity index (χ3n) is 2.02. The molecule has 0 saturated carbocycles. The van der Waals surface area contributed by atoms with Crippen molar-refractivity contribution in [3.63, 3.8) is 0 Å². The maximum Gasteiger partial charge on any atom is 0.294 e. The molecule has 90 valence electrons. The van der Waals surface area contributed by atoms with Crippen LogP contribution in [0.3, 0.4) is 0 Å². The van der Waals surface area contributed by atoms with E-state index in [1.807, 2.05) is 18.2 Å². The zero-order chi connectivity index (χ0) is 12.9. The first kappa shape index (κ1) is 13.1. The fourth-order valence-electron chi connectivity index (χ4n) is 1.33. The Kier molecular flexibility index (Phi) is 4.19. The summed E-state index contributed by atoms with van der Waals surface area (Å²) in [6, 6.07) is 11.9. The van der Waals surface area contributed by atoms with E-state index in [0.717, 1.165) is 10.8 Å². The van der Waals surface area contributed by atoms with E-state index in [9.17, 15) is 8.42 Å². The van der Waals surface area contributed by atoms with E-state index in [1.54, 1.807) is 12.1 Å². The summed E-state index contributed by atoms with van der Waals surface area (Å²) in [4.78, 5) is 8.29. The quantitative estimate of drug-likeness (QED) is 0.598. The first-order valence-electron chi connectivity index (χ1n) is 4.53. The normalized spacial score (nSPS) is 10.4. The summed E-state index contributed by atoms with van der Waals surface area (Å²) in [7, 11) is -4.09. The van der Waals surface area contributed by atoms with Crippen molar-refractivity contribution < 1.29 is 22.9 Å². The van der Waals surface area contributed by atoms with Gasteiger partial charge in [0.05, 0.1) is 4.90 Å². The lowest BCUT2D eigenvalue weighted by atomic mass is 10.1. The molecule has 0 amide bonds. The molecule has 0 atom stereocenters. The van der Waals surface area contributed by atoms with Crippen molar-refractivity contribution in [3.05, 3.63) is 42.5 Å². The average molecular weight is 254 g/mol. The lowest BCUT2D eigenvalue weighted by molar-refractivity contribution is -0.122. The molecule has 2 aromatic rings. The van der Waals surface area contributed by atoms with Gasteiger partial charge >= 0.3 is 0 Å². The third-order valence-corrected chi connectivity index (χ3v) is 2.87. The van der Waals surface area contributed by atoms with Gasteiger partial charge in [-0.25, -0.2) is 0 Å². The molecule has 0 radical (unpaired) electrons. The van der Waals surface area contributed by atoms with Gasteiger partial charge in [-0.05, 0) is 22.9 Å². The van der Waals surface area contributed by atoms with Crippen LogP contribution in [0.4, 0.5) is 0 Å². The molecule has 0 heterocycles. The molecule has 0 unspecified atom stereocenters. The molecule has 2 N–H and O–H groups in total. The van der Waals surface area contributed by atoms with Gasteiger partial charge in [0.2, 0.25) is 0 Å². The molecule has 2 rings (SSSR count). The number of carboxylic acid groups (broad SMARTS) is 1. The summed E-state index contributed by atoms with van der Waals surface area (Å²) in [6.07, 6.45) is 0. The second kappa shape index (κ2) is 5.42. The minimum absolute atomic E-state index is 0.0730. The third kappa shape index (κ3) is 3.54. The monoisotopic (exact) mass is 254 g/mol. The highest BCUT2D eigenvalue weighted by atomic mass is 32.2. The van der Waals surface area contributed by atoms with E-state index in [1.165, 1.54) is 12.1 Å². The van der Waals surface area contributed by atoms with Crippen molar-refractivity contribution in [2.24, 2.45) is 0 Å². The van der Waals surface area contributed by atoms with Crippen LogP contribution in [0.25, 0.3) is 10.8 Å². The highest BCUT2D eigenvalue weighted by molar-refractivity contribution is 7.85. The van der Waals surface area contributed by atoms with Crippen LogP contribution in [0.5, 0.6) is 0 Å². The summed E-state index contributed by atoms with van der Waals surface area (Å²) in [5, 5.41) is 8.63. The van der Waals surface area contributed by atoms with E-state index in [4.69, 9.17) is 14.5 Å². The molecule has 0 aliphatic carbocycles. The number of carbonyl (C=O) groups is 1. The Morgan fingerprint density at radius 2 is 1.53 bits per heavy atom. The topological polar surface area (TPSA) is 91.7 Å². The predicted molar refractivity (Wildman–Crippen MR) is 62.5 cm³/mol. The predicted octanol–water partition coefficient (Wildman–Crippen LogP) is 1.79. The maximum absolute atomic E-state index is 10.8. The summed E-state index contributed by atoms with van der Waals surface area (Å²) in [5.74, 6) is 0. The second-order valence-corrected chi connectivity index (χ2v) is 4.51. The lowest BCUT2D eigenvalue weighted by Gasteiger charge is -1.99. The zero-order valence-corrected chi connectivity index (χ0v) is 9.46. The molecular formula is C11H10O5S. The van der Waals surface area contributed by atoms with Gasteiger partial charge in [0.25, 0.3) is 16.6 Å². The minimum Gasteiger partial charge on any atom is -0.483 e. The lowest BCUT2D eigenvalue weighted by Crippen LogP contribution is -1.97. The van der Waals surface area contributed by atoms with Crippen LogP contribution in [-0.4, -0.2) is 24.5 Å². The van der Waals surface area contributed by atoms with Gasteiger partial charge in [0, 0.05) is 0 Å². The average Bonchev–Trinajstić information content (AvgIpc) is 2.28. The van der Waals surface area contributed by atoms with Crippen molar-refractivity contribution in [1.82, 2.24) is 0 Å². The molecule has 0 aliphatic heterocycles. The van der Waals surface area contributed by atoms with Crippen LogP contribution in [0.15, 0.2) is 47.4 Å². The van der Waals surface area contributed by atoms with E-state index in [0.29, 0.717) is 0 Å². The van der Waals surface area contributed by atoms with Gasteiger partial charge in [-0.2, -0.15) is 8.42 Å². The van der Waals surface area contributed by atoms with Crippen LogP contribution in [0, 0.1) is 0 Å². The first-order valence-corrected chi connectivity index (χ1v) is 5.97. The molecule has 2 aromatic carbocycles. The second-order valence-electron chi connectivity index (χ2n) is 3.09. The van der Waals surface area contributed by atoms with E-state index >= 15 is 0 Å². The number of fused-ring (bicyclic) bond motifs is 1. The van der Waals surface area contributed by atoms with Gasteiger partial charge in [0.1, 0.15) is 0 Å². The van der Waals surface area contributed by atoms with Crippen LogP contribution >= 0.6 is 0 Å². The van der Waals surface area contributed by atoms with Crippen molar-refractivity contribution >= 4 is 27.4 Å². The first-order chi connectivity index (χ1) is 7.99. The fraction of sp³-hybridized carbons (Fsp3) is 0. The smallest absolute Gasteiger partial charge is 0.294 e. The Balaban J connectivity index is 0.000000437. The minimum atomic E-state index is -4.09. The van der Waals surface area contributed by atoms with Crippen molar-refractivity contribution in [3.8, 4) is 0 Å². The molecule has 0 saturated heterocycles. The highest BCUT2D eigenvalue weighted by Gasteiger charge is 2.08. The van der Waals surface area contributed by atoms with Crippen molar-refractivity contribution in [2.45, 2.75) is 4.90 Å². The molecule has 0 spiro atoms. The molecule has 0 aromatic heterocycles. The van der Waals surface area contributed by atoms with E-state index in [-0.39, 0.29) is 11.4 Å². The summed E-state index contributed by atoms with van der Waals surface area (Å²) >= 11 is 0. The molecule has 17 heavy (non-hydrogen) atoms. The van der Waals surface area contributed by atoms with Crippen molar-refractivity contribution in [2.75, 3.05) is 0 Å². The van der Waals surface area contributed by atoms with E-state index in [2.05, 4.69) is 0 Å². The van der Waals surface area contributed by atoms with Gasteiger partial charge in [-0.15, -0.1) is 0 Å². The Bertz CT molecular complexity index is 619. The Labute approximate surface area is 98.1 Å². The molecule has 0 fully saturated rings. The molecule has 6 heteroatoms. The fourth-order valence-corrected chi connectivity index (χ4v) is 1.84.